The van der Waals surface area contributed by atoms with Crippen molar-refractivity contribution in [3.05, 3.63) is 41.9 Å². The zero-order chi connectivity index (χ0) is 15.0. The number of nitrogens with two attached hydrogens (primary N) is 1. The van der Waals surface area contributed by atoms with E-state index in [1.165, 1.54) is 6.20 Å². The lowest BCUT2D eigenvalue weighted by Gasteiger charge is -2.03. The van der Waals surface area contributed by atoms with Crippen LogP contribution in [0, 0.1) is 0 Å². The molecule has 106 valence electrons. The summed E-state index contributed by atoms with van der Waals surface area (Å²) in [4.78, 5) is 31.2. The van der Waals surface area contributed by atoms with Crippen LogP contribution < -0.4 is 5.73 Å². The van der Waals surface area contributed by atoms with E-state index >= 15 is 0 Å². The van der Waals surface area contributed by atoms with Crippen molar-refractivity contribution in [2.75, 3.05) is 14.2 Å². The minimum Gasteiger partial charge on any atom is -0.466 e. The van der Waals surface area contributed by atoms with Crippen LogP contribution in [-0.2, 0) is 23.9 Å². The van der Waals surface area contributed by atoms with Crippen molar-refractivity contribution in [1.29, 1.82) is 0 Å². The molecule has 1 heterocycles. The molecule has 0 aliphatic carbocycles. The zero-order valence-electron chi connectivity index (χ0n) is 10.9. The van der Waals surface area contributed by atoms with Crippen molar-refractivity contribution in [2.24, 2.45) is 10.9 Å². The summed E-state index contributed by atoms with van der Waals surface area (Å²) < 4.78 is 8.80. The minimum atomic E-state index is -0.895. The smallest absolute Gasteiger partial charge is 0.377 e. The summed E-state index contributed by atoms with van der Waals surface area (Å²) in [6.45, 7) is 0. The molecule has 1 aromatic rings. The number of aromatic nitrogens is 1. The number of rotatable bonds is 5. The molecule has 8 heteroatoms. The number of nitrogens with zero attached hydrogens (tertiary/aromatic N) is 2. The molecule has 0 aromatic carbocycles. The molecule has 0 amide bonds. The van der Waals surface area contributed by atoms with Crippen LogP contribution in [0.15, 0.2) is 41.4 Å². The highest BCUT2D eigenvalue weighted by Gasteiger charge is 2.15. The third kappa shape index (κ3) is 4.41. The highest BCUT2D eigenvalue weighted by molar-refractivity contribution is 5.96. The second-order valence-electron chi connectivity index (χ2n) is 3.31. The van der Waals surface area contributed by atoms with Gasteiger partial charge in [-0.3, -0.25) is 4.98 Å². The van der Waals surface area contributed by atoms with Gasteiger partial charge in [0, 0.05) is 6.20 Å². The van der Waals surface area contributed by atoms with E-state index in [9.17, 15) is 9.59 Å². The number of pyridine rings is 1. The number of esters is 2. The van der Waals surface area contributed by atoms with Crippen molar-refractivity contribution < 1.29 is 23.9 Å². The minimum absolute atomic E-state index is 0.0646. The lowest BCUT2D eigenvalue weighted by molar-refractivity contribution is -0.142. The molecular formula is C12H13N3O5. The Morgan fingerprint density at radius 3 is 2.60 bits per heavy atom. The van der Waals surface area contributed by atoms with Gasteiger partial charge in [-0.15, -0.1) is 0 Å². The van der Waals surface area contributed by atoms with Gasteiger partial charge in [-0.1, -0.05) is 11.2 Å². The van der Waals surface area contributed by atoms with Crippen LogP contribution in [0.2, 0.25) is 0 Å². The molecule has 1 aromatic heterocycles. The average molecular weight is 279 g/mol. The average Bonchev–Trinajstić information content (AvgIpc) is 2.50. The topological polar surface area (TPSA) is 113 Å². The zero-order valence-corrected chi connectivity index (χ0v) is 10.9. The summed E-state index contributed by atoms with van der Waals surface area (Å²) in [5.41, 5.74) is 5.97. The maximum atomic E-state index is 11.4. The Balaban J connectivity index is 2.89. The molecule has 0 aliphatic heterocycles. The Hall–Kier alpha value is -2.90. The number of amidine groups is 1. The molecule has 0 aliphatic rings. The standard InChI is InChI=1S/C12H13N3O5/c1-18-10(16)7-9(12(17)19-2)20-15-11(13)8-5-3-4-6-14-8/h3-7H,1-2H3,(H2,13,15). The Bertz CT molecular complexity index is 539. The Labute approximate surface area is 114 Å². The summed E-state index contributed by atoms with van der Waals surface area (Å²) in [5, 5.41) is 3.51. The highest BCUT2D eigenvalue weighted by atomic mass is 16.7. The van der Waals surface area contributed by atoms with Crippen LogP contribution in [0.1, 0.15) is 5.69 Å². The van der Waals surface area contributed by atoms with Crippen LogP contribution in [0.4, 0.5) is 0 Å². The van der Waals surface area contributed by atoms with Gasteiger partial charge in [0.05, 0.1) is 20.3 Å². The fraction of sp³-hybridized carbons (Fsp3) is 0.167. The van der Waals surface area contributed by atoms with E-state index in [0.717, 1.165) is 20.3 Å². The van der Waals surface area contributed by atoms with Crippen molar-refractivity contribution in [2.45, 2.75) is 0 Å². The molecule has 20 heavy (non-hydrogen) atoms. The first-order valence-corrected chi connectivity index (χ1v) is 5.38. The predicted octanol–water partition coefficient (Wildman–Crippen LogP) is -0.0516. The molecule has 0 saturated carbocycles. The number of ether oxygens (including phenoxy) is 2. The van der Waals surface area contributed by atoms with Gasteiger partial charge < -0.3 is 20.0 Å². The normalized spacial score (nSPS) is 11.7. The molecule has 2 N–H and O–H groups in total. The van der Waals surface area contributed by atoms with E-state index < -0.39 is 17.7 Å². The first kappa shape index (κ1) is 15.2. The van der Waals surface area contributed by atoms with Crippen LogP contribution in [0.3, 0.4) is 0 Å². The molecular weight excluding hydrogens is 266 g/mol. The summed E-state index contributed by atoms with van der Waals surface area (Å²) in [7, 11) is 2.28. The summed E-state index contributed by atoms with van der Waals surface area (Å²) in [6, 6.07) is 5.01. The van der Waals surface area contributed by atoms with E-state index in [4.69, 9.17) is 10.6 Å². The van der Waals surface area contributed by atoms with E-state index in [2.05, 4.69) is 19.6 Å². The van der Waals surface area contributed by atoms with E-state index in [1.54, 1.807) is 18.2 Å². The first-order chi connectivity index (χ1) is 9.58. The predicted molar refractivity (Wildman–Crippen MR) is 68.2 cm³/mol. The number of oxime groups is 1. The maximum absolute atomic E-state index is 11.4. The second kappa shape index (κ2) is 7.52. The number of carbonyl (C=O) groups is 2. The number of hydrogen-bond donors (Lipinski definition) is 1. The second-order valence-corrected chi connectivity index (χ2v) is 3.31. The SMILES string of the molecule is COC(=O)C=C(ON=C(N)c1ccccn1)C(=O)OC. The Kier molecular flexibility index (Phi) is 5.70. The molecule has 0 atom stereocenters. The van der Waals surface area contributed by atoms with Crippen LogP contribution in [0.5, 0.6) is 0 Å². The van der Waals surface area contributed by atoms with E-state index in [-0.39, 0.29) is 5.84 Å². The summed E-state index contributed by atoms with van der Waals surface area (Å²) >= 11 is 0. The van der Waals surface area contributed by atoms with Gasteiger partial charge in [0.15, 0.2) is 5.84 Å². The van der Waals surface area contributed by atoms with E-state index in [0.29, 0.717) is 5.69 Å². The van der Waals surface area contributed by atoms with Crippen molar-refractivity contribution in [1.82, 2.24) is 4.98 Å². The van der Waals surface area contributed by atoms with Crippen LogP contribution in [-0.4, -0.2) is 37.0 Å². The lowest BCUT2D eigenvalue weighted by atomic mass is 10.3. The number of carbonyl (C=O) groups excluding carboxylic acids is 2. The third-order valence-electron chi connectivity index (χ3n) is 2.01. The molecule has 0 fully saturated rings. The number of methoxy groups -OCH3 is 2. The lowest BCUT2D eigenvalue weighted by Crippen LogP contribution is -2.17. The van der Waals surface area contributed by atoms with Gasteiger partial charge in [-0.25, -0.2) is 9.59 Å². The van der Waals surface area contributed by atoms with Crippen molar-refractivity contribution in [3.8, 4) is 0 Å². The van der Waals surface area contributed by atoms with Gasteiger partial charge >= 0.3 is 11.9 Å². The maximum Gasteiger partial charge on any atom is 0.377 e. The third-order valence-corrected chi connectivity index (χ3v) is 2.01. The van der Waals surface area contributed by atoms with Gasteiger partial charge in [0.2, 0.25) is 5.76 Å². The number of hydrogen-bond acceptors (Lipinski definition) is 7. The molecule has 8 nitrogen and oxygen atoms in total. The van der Waals surface area contributed by atoms with Gasteiger partial charge in [-0.2, -0.15) is 0 Å². The molecule has 0 unspecified atom stereocenters. The van der Waals surface area contributed by atoms with Gasteiger partial charge in [0.25, 0.3) is 0 Å². The molecule has 1 rings (SSSR count). The van der Waals surface area contributed by atoms with E-state index in [1.807, 2.05) is 0 Å². The van der Waals surface area contributed by atoms with Gasteiger partial charge in [-0.05, 0) is 12.1 Å². The quantitative estimate of drug-likeness (QED) is 0.201. The molecule has 0 spiro atoms. The summed E-state index contributed by atoms with van der Waals surface area (Å²) in [5.74, 6) is -2.21. The molecule has 0 bridgehead atoms. The largest absolute Gasteiger partial charge is 0.466 e. The van der Waals surface area contributed by atoms with Crippen molar-refractivity contribution in [3.63, 3.8) is 0 Å². The summed E-state index contributed by atoms with van der Waals surface area (Å²) in [6.07, 6.45) is 2.31. The Morgan fingerprint density at radius 1 is 1.30 bits per heavy atom. The monoisotopic (exact) mass is 279 g/mol. The molecule has 0 saturated heterocycles. The first-order valence-electron chi connectivity index (χ1n) is 5.38. The fourth-order valence-electron chi connectivity index (χ4n) is 1.05. The van der Waals surface area contributed by atoms with Crippen LogP contribution in [0.25, 0.3) is 0 Å². The van der Waals surface area contributed by atoms with Crippen LogP contribution >= 0.6 is 0 Å². The fourth-order valence-corrected chi connectivity index (χ4v) is 1.05. The Morgan fingerprint density at radius 2 is 2.05 bits per heavy atom. The molecule has 0 radical (unpaired) electrons. The van der Waals surface area contributed by atoms with Gasteiger partial charge in [0.1, 0.15) is 5.69 Å². The highest BCUT2D eigenvalue weighted by Crippen LogP contribution is 2.03. The van der Waals surface area contributed by atoms with Crippen molar-refractivity contribution >= 4 is 17.8 Å².